The summed E-state index contributed by atoms with van der Waals surface area (Å²) < 4.78 is 5.44. The first-order chi connectivity index (χ1) is 9.48. The molecule has 0 unspecified atom stereocenters. The highest BCUT2D eigenvalue weighted by molar-refractivity contribution is 5.92. The molecule has 0 saturated heterocycles. The van der Waals surface area contributed by atoms with E-state index in [4.69, 9.17) is 4.74 Å². The maximum Gasteiger partial charge on any atom is 0.339 e. The van der Waals surface area contributed by atoms with E-state index in [2.05, 4.69) is 20.8 Å². The largest absolute Gasteiger partial charge is 0.507 e. The molecular weight excluding hydrogens is 268 g/mol. The van der Waals surface area contributed by atoms with Crippen LogP contribution in [0.5, 0.6) is 11.5 Å². The fourth-order valence-electron chi connectivity index (χ4n) is 2.96. The topological polar surface area (TPSA) is 66.8 Å². The van der Waals surface area contributed by atoms with E-state index in [0.29, 0.717) is 17.9 Å². The van der Waals surface area contributed by atoms with Crippen molar-refractivity contribution in [2.75, 3.05) is 6.61 Å². The highest BCUT2D eigenvalue weighted by Crippen LogP contribution is 2.42. The molecule has 0 aliphatic carbocycles. The van der Waals surface area contributed by atoms with E-state index < -0.39 is 5.97 Å². The van der Waals surface area contributed by atoms with Crippen molar-refractivity contribution in [1.29, 1.82) is 0 Å². The summed E-state index contributed by atoms with van der Waals surface area (Å²) in [5.41, 5.74) is 0.194. The average molecular weight is 294 g/mol. The zero-order valence-corrected chi connectivity index (χ0v) is 13.8. The Hall–Kier alpha value is -1.71. The molecule has 0 saturated carbocycles. The second kappa shape index (κ2) is 5.96. The summed E-state index contributed by atoms with van der Waals surface area (Å²) in [6.07, 6.45) is 0.808. The molecule has 4 nitrogen and oxygen atoms in total. The zero-order valence-electron chi connectivity index (χ0n) is 13.8. The molecule has 0 bridgehead atoms. The quantitative estimate of drug-likeness (QED) is 0.854. The number of carboxylic acids is 1. The van der Waals surface area contributed by atoms with E-state index in [-0.39, 0.29) is 22.1 Å². The first-order valence-electron chi connectivity index (χ1n) is 7.21. The highest BCUT2D eigenvalue weighted by Gasteiger charge is 2.32. The lowest BCUT2D eigenvalue weighted by atomic mass is 9.71. The van der Waals surface area contributed by atoms with Crippen LogP contribution in [-0.4, -0.2) is 22.8 Å². The minimum absolute atomic E-state index is 0.0565. The smallest absolute Gasteiger partial charge is 0.339 e. The van der Waals surface area contributed by atoms with Gasteiger partial charge in [0.1, 0.15) is 17.1 Å². The number of aromatic hydroxyl groups is 1. The minimum Gasteiger partial charge on any atom is -0.507 e. The molecule has 1 rings (SSSR count). The molecule has 1 aromatic carbocycles. The first kappa shape index (κ1) is 17.3. The van der Waals surface area contributed by atoms with Crippen LogP contribution in [-0.2, 0) is 5.41 Å². The molecular formula is C17H26O4. The van der Waals surface area contributed by atoms with Crippen molar-refractivity contribution in [3.8, 4) is 11.5 Å². The standard InChI is InChI=1S/C17H26O4/c1-7-21-11-8-12(15(19)20)14(18)13(9-11)17(5,6)10-16(2,3)4/h8-9,18H,7,10H2,1-6H3,(H,19,20). The molecule has 0 amide bonds. The van der Waals surface area contributed by atoms with Crippen LogP contribution in [0.1, 0.15) is 63.9 Å². The van der Waals surface area contributed by atoms with Gasteiger partial charge in [0, 0.05) is 5.56 Å². The van der Waals surface area contributed by atoms with Gasteiger partial charge in [-0.15, -0.1) is 0 Å². The number of rotatable bonds is 5. The SMILES string of the molecule is CCOc1cc(C(=O)O)c(O)c(C(C)(C)CC(C)(C)C)c1. The van der Waals surface area contributed by atoms with Gasteiger partial charge >= 0.3 is 5.97 Å². The molecule has 0 fully saturated rings. The Morgan fingerprint density at radius 2 is 1.76 bits per heavy atom. The van der Waals surface area contributed by atoms with Crippen LogP contribution in [0.3, 0.4) is 0 Å². The lowest BCUT2D eigenvalue weighted by Gasteiger charge is -2.33. The van der Waals surface area contributed by atoms with Crippen LogP contribution < -0.4 is 4.74 Å². The van der Waals surface area contributed by atoms with Gasteiger partial charge in [-0.05, 0) is 36.3 Å². The second-order valence-corrected chi connectivity index (χ2v) is 7.23. The van der Waals surface area contributed by atoms with Crippen LogP contribution in [0.25, 0.3) is 0 Å². The van der Waals surface area contributed by atoms with Crippen LogP contribution >= 0.6 is 0 Å². The lowest BCUT2D eigenvalue weighted by molar-refractivity contribution is 0.0692. The van der Waals surface area contributed by atoms with Gasteiger partial charge in [-0.2, -0.15) is 0 Å². The predicted molar refractivity (Wildman–Crippen MR) is 83.3 cm³/mol. The molecule has 1 aromatic rings. The summed E-state index contributed by atoms with van der Waals surface area (Å²) in [5, 5.41) is 19.6. The number of carboxylic acid groups (broad SMARTS) is 1. The molecule has 0 heterocycles. The van der Waals surface area contributed by atoms with Crippen molar-refractivity contribution in [2.24, 2.45) is 5.41 Å². The summed E-state index contributed by atoms with van der Waals surface area (Å²) in [6.45, 7) is 12.7. The van der Waals surface area contributed by atoms with E-state index in [0.717, 1.165) is 6.42 Å². The molecule has 21 heavy (non-hydrogen) atoms. The number of phenols is 1. The molecule has 2 N–H and O–H groups in total. The summed E-state index contributed by atoms with van der Waals surface area (Å²) in [4.78, 5) is 11.3. The Balaban J connectivity index is 3.42. The molecule has 0 radical (unpaired) electrons. The van der Waals surface area contributed by atoms with Gasteiger partial charge in [-0.3, -0.25) is 0 Å². The van der Waals surface area contributed by atoms with Gasteiger partial charge in [-0.25, -0.2) is 4.79 Å². The fourth-order valence-corrected chi connectivity index (χ4v) is 2.96. The van der Waals surface area contributed by atoms with E-state index in [1.54, 1.807) is 6.07 Å². The number of hydrogen-bond donors (Lipinski definition) is 2. The molecule has 0 aromatic heterocycles. The Kier molecular flexibility index (Phi) is 4.92. The van der Waals surface area contributed by atoms with Gasteiger partial charge in [0.15, 0.2) is 0 Å². The number of benzene rings is 1. The third-order valence-corrected chi connectivity index (χ3v) is 3.33. The van der Waals surface area contributed by atoms with Crippen LogP contribution in [0.15, 0.2) is 12.1 Å². The second-order valence-electron chi connectivity index (χ2n) is 7.23. The van der Waals surface area contributed by atoms with Crippen molar-refractivity contribution in [2.45, 2.75) is 53.4 Å². The van der Waals surface area contributed by atoms with Gasteiger partial charge in [0.2, 0.25) is 0 Å². The Morgan fingerprint density at radius 1 is 1.19 bits per heavy atom. The highest BCUT2D eigenvalue weighted by atomic mass is 16.5. The van der Waals surface area contributed by atoms with E-state index in [1.807, 2.05) is 20.8 Å². The summed E-state index contributed by atoms with van der Waals surface area (Å²) >= 11 is 0. The monoisotopic (exact) mass is 294 g/mol. The van der Waals surface area contributed by atoms with Crippen molar-refractivity contribution in [3.05, 3.63) is 23.3 Å². The molecule has 0 aliphatic rings. The van der Waals surface area contributed by atoms with Crippen molar-refractivity contribution in [1.82, 2.24) is 0 Å². The van der Waals surface area contributed by atoms with Gasteiger partial charge < -0.3 is 14.9 Å². The van der Waals surface area contributed by atoms with Gasteiger partial charge in [-0.1, -0.05) is 34.6 Å². The summed E-state index contributed by atoms with van der Waals surface area (Å²) in [7, 11) is 0. The molecule has 4 heteroatoms. The maximum absolute atomic E-state index is 11.3. The number of aromatic carboxylic acids is 1. The number of carbonyl (C=O) groups is 1. The van der Waals surface area contributed by atoms with Crippen LogP contribution in [0.4, 0.5) is 0 Å². The normalized spacial score (nSPS) is 12.3. The minimum atomic E-state index is -1.15. The van der Waals surface area contributed by atoms with Crippen molar-refractivity contribution >= 4 is 5.97 Å². The average Bonchev–Trinajstić information content (AvgIpc) is 2.27. The van der Waals surface area contributed by atoms with E-state index >= 15 is 0 Å². The summed E-state index contributed by atoms with van der Waals surface area (Å²) in [5.74, 6) is -0.841. The zero-order chi connectivity index (χ0) is 16.4. The maximum atomic E-state index is 11.3. The van der Waals surface area contributed by atoms with Gasteiger partial charge in [0.25, 0.3) is 0 Å². The predicted octanol–water partition coefficient (Wildman–Crippen LogP) is 4.20. The molecule has 0 atom stereocenters. The van der Waals surface area contributed by atoms with Crippen LogP contribution in [0, 0.1) is 5.41 Å². The Bertz CT molecular complexity index is 524. The van der Waals surface area contributed by atoms with E-state index in [9.17, 15) is 15.0 Å². The summed E-state index contributed by atoms with van der Waals surface area (Å²) in [6, 6.07) is 3.12. The number of hydrogen-bond acceptors (Lipinski definition) is 3. The molecule has 0 spiro atoms. The third kappa shape index (κ3) is 4.38. The molecule has 118 valence electrons. The fraction of sp³-hybridized carbons (Fsp3) is 0.588. The van der Waals surface area contributed by atoms with Crippen molar-refractivity contribution < 1.29 is 19.7 Å². The lowest BCUT2D eigenvalue weighted by Crippen LogP contribution is -2.25. The van der Waals surface area contributed by atoms with Crippen LogP contribution in [0.2, 0.25) is 0 Å². The first-order valence-corrected chi connectivity index (χ1v) is 7.21. The van der Waals surface area contributed by atoms with Crippen molar-refractivity contribution in [3.63, 3.8) is 0 Å². The Labute approximate surface area is 126 Å². The molecule has 0 aliphatic heterocycles. The van der Waals surface area contributed by atoms with E-state index in [1.165, 1.54) is 6.07 Å². The Morgan fingerprint density at radius 3 is 2.19 bits per heavy atom. The third-order valence-electron chi connectivity index (χ3n) is 3.33. The number of ether oxygens (including phenoxy) is 1. The van der Waals surface area contributed by atoms with Gasteiger partial charge in [0.05, 0.1) is 6.61 Å².